The van der Waals surface area contributed by atoms with Crippen molar-refractivity contribution in [1.82, 2.24) is 4.90 Å². The number of aliphatic hydroxyl groups is 1. The number of Topliss-reactive ketones (excluding diaryl/α,β-unsaturated/α-hetero) is 1. The number of likely N-dealkylation sites (tertiary alicyclic amines) is 1. The summed E-state index contributed by atoms with van der Waals surface area (Å²) < 4.78 is 0. The van der Waals surface area contributed by atoms with Gasteiger partial charge in [0.15, 0.2) is 0 Å². The van der Waals surface area contributed by atoms with Gasteiger partial charge in [-0.1, -0.05) is 55.8 Å². The fourth-order valence-electron chi connectivity index (χ4n) is 3.21. The van der Waals surface area contributed by atoms with Crippen LogP contribution in [-0.2, 0) is 9.59 Å². The summed E-state index contributed by atoms with van der Waals surface area (Å²) >= 11 is 5.91. The van der Waals surface area contributed by atoms with Gasteiger partial charge in [-0.3, -0.25) is 9.59 Å². The molecule has 0 aromatic heterocycles. The van der Waals surface area contributed by atoms with Crippen LogP contribution in [0.1, 0.15) is 31.0 Å². The quantitative estimate of drug-likeness (QED) is 0.493. The number of benzene rings is 2. The van der Waals surface area contributed by atoms with Crippen LogP contribution in [0.2, 0.25) is 5.02 Å². The van der Waals surface area contributed by atoms with E-state index in [4.69, 9.17) is 11.6 Å². The number of aliphatic hydroxyl groups excluding tert-OH is 1. The molecule has 26 heavy (non-hydrogen) atoms. The van der Waals surface area contributed by atoms with Crippen LogP contribution in [0.15, 0.2) is 60.2 Å². The molecule has 134 valence electrons. The summed E-state index contributed by atoms with van der Waals surface area (Å²) in [6.45, 7) is 4.41. The van der Waals surface area contributed by atoms with Crippen molar-refractivity contribution in [3.05, 3.63) is 76.3 Å². The number of amides is 1. The molecule has 5 heteroatoms. The molecule has 1 atom stereocenters. The van der Waals surface area contributed by atoms with E-state index >= 15 is 0 Å². The highest BCUT2D eigenvalue weighted by Gasteiger charge is 2.46. The Balaban J connectivity index is 2.17. The lowest BCUT2D eigenvalue weighted by Gasteiger charge is -2.26. The Morgan fingerprint density at radius 3 is 2.27 bits per heavy atom. The van der Waals surface area contributed by atoms with Gasteiger partial charge in [0.05, 0.1) is 11.6 Å². The fourth-order valence-corrected chi connectivity index (χ4v) is 3.33. The first-order valence-electron chi connectivity index (χ1n) is 8.49. The van der Waals surface area contributed by atoms with E-state index in [-0.39, 0.29) is 17.3 Å². The average Bonchev–Trinajstić information content (AvgIpc) is 2.87. The Morgan fingerprint density at radius 1 is 1.08 bits per heavy atom. The van der Waals surface area contributed by atoms with Crippen LogP contribution >= 0.6 is 11.6 Å². The summed E-state index contributed by atoms with van der Waals surface area (Å²) in [7, 11) is 0. The molecule has 1 heterocycles. The number of rotatable bonds is 4. The zero-order valence-electron chi connectivity index (χ0n) is 14.6. The Morgan fingerprint density at radius 2 is 1.69 bits per heavy atom. The molecular formula is C21H20ClNO3. The second-order valence-electron chi connectivity index (χ2n) is 6.76. The highest BCUT2D eigenvalue weighted by Crippen LogP contribution is 2.39. The molecule has 3 rings (SSSR count). The molecular weight excluding hydrogens is 350 g/mol. The molecule has 0 aliphatic carbocycles. The minimum atomic E-state index is -0.660. The number of halogens is 1. The highest BCUT2D eigenvalue weighted by molar-refractivity contribution is 6.46. The van der Waals surface area contributed by atoms with Gasteiger partial charge in [-0.2, -0.15) is 0 Å². The van der Waals surface area contributed by atoms with Gasteiger partial charge in [0.1, 0.15) is 5.76 Å². The number of carbonyl (C=O) groups is 2. The molecule has 2 aromatic carbocycles. The van der Waals surface area contributed by atoms with Crippen LogP contribution in [0.25, 0.3) is 5.76 Å². The van der Waals surface area contributed by atoms with E-state index in [1.165, 1.54) is 0 Å². The lowest BCUT2D eigenvalue weighted by molar-refractivity contribution is -0.140. The predicted molar refractivity (Wildman–Crippen MR) is 102 cm³/mol. The van der Waals surface area contributed by atoms with Crippen molar-refractivity contribution in [3.63, 3.8) is 0 Å². The van der Waals surface area contributed by atoms with Gasteiger partial charge in [0.2, 0.25) is 0 Å². The van der Waals surface area contributed by atoms with Crippen LogP contribution in [-0.4, -0.2) is 28.2 Å². The molecule has 1 N–H and O–H groups in total. The molecule has 0 spiro atoms. The van der Waals surface area contributed by atoms with Crippen molar-refractivity contribution in [2.45, 2.75) is 19.9 Å². The maximum absolute atomic E-state index is 12.7. The standard InChI is InChI=1S/C21H20ClNO3/c1-13(2)12-23-18(14-6-4-3-5-7-14)17(20(25)21(23)26)19(24)15-8-10-16(22)11-9-15/h3-11,13,18,24H,12H2,1-2H3/b19-17-. The monoisotopic (exact) mass is 369 g/mol. The number of hydrogen-bond acceptors (Lipinski definition) is 3. The smallest absolute Gasteiger partial charge is 0.295 e. The topological polar surface area (TPSA) is 57.6 Å². The normalized spacial score (nSPS) is 19.4. The Hall–Kier alpha value is -2.59. The number of ketones is 1. The summed E-state index contributed by atoms with van der Waals surface area (Å²) in [5, 5.41) is 11.3. The summed E-state index contributed by atoms with van der Waals surface area (Å²) in [6.07, 6.45) is 0. The summed E-state index contributed by atoms with van der Waals surface area (Å²) in [5.74, 6) is -1.23. The largest absolute Gasteiger partial charge is 0.507 e. The van der Waals surface area contributed by atoms with E-state index in [9.17, 15) is 14.7 Å². The minimum absolute atomic E-state index is 0.115. The van der Waals surface area contributed by atoms with Crippen LogP contribution in [0, 0.1) is 5.92 Å². The van der Waals surface area contributed by atoms with Gasteiger partial charge in [0.25, 0.3) is 11.7 Å². The molecule has 0 radical (unpaired) electrons. The Kier molecular flexibility index (Phi) is 5.14. The van der Waals surface area contributed by atoms with Gasteiger partial charge in [-0.05, 0) is 35.7 Å². The van der Waals surface area contributed by atoms with E-state index in [2.05, 4.69) is 0 Å². The first-order chi connectivity index (χ1) is 12.4. The van der Waals surface area contributed by atoms with Gasteiger partial charge in [-0.15, -0.1) is 0 Å². The third-order valence-corrected chi connectivity index (χ3v) is 4.59. The van der Waals surface area contributed by atoms with E-state index in [1.54, 1.807) is 29.2 Å². The molecule has 1 fully saturated rings. The molecule has 1 aliphatic heterocycles. The van der Waals surface area contributed by atoms with Gasteiger partial charge in [0, 0.05) is 17.1 Å². The van der Waals surface area contributed by atoms with Crippen molar-refractivity contribution in [3.8, 4) is 0 Å². The zero-order chi connectivity index (χ0) is 18.8. The molecule has 1 saturated heterocycles. The van der Waals surface area contributed by atoms with Crippen LogP contribution in [0.4, 0.5) is 0 Å². The van der Waals surface area contributed by atoms with Crippen molar-refractivity contribution < 1.29 is 14.7 Å². The van der Waals surface area contributed by atoms with E-state index < -0.39 is 17.7 Å². The zero-order valence-corrected chi connectivity index (χ0v) is 15.4. The first kappa shape index (κ1) is 18.2. The molecule has 1 aliphatic rings. The summed E-state index contributed by atoms with van der Waals surface area (Å²) in [6, 6.07) is 15.2. The SMILES string of the molecule is CC(C)CN1C(=O)C(=O)/C(=C(\O)c2ccc(Cl)cc2)C1c1ccccc1. The van der Waals surface area contributed by atoms with Crippen molar-refractivity contribution >= 4 is 29.1 Å². The number of carbonyl (C=O) groups excluding carboxylic acids is 2. The lowest BCUT2D eigenvalue weighted by atomic mass is 9.95. The third kappa shape index (κ3) is 3.37. The molecule has 0 bridgehead atoms. The van der Waals surface area contributed by atoms with Crippen molar-refractivity contribution in [2.24, 2.45) is 5.92 Å². The highest BCUT2D eigenvalue weighted by atomic mass is 35.5. The second kappa shape index (κ2) is 7.34. The third-order valence-electron chi connectivity index (χ3n) is 4.33. The van der Waals surface area contributed by atoms with Gasteiger partial charge >= 0.3 is 0 Å². The average molecular weight is 370 g/mol. The summed E-state index contributed by atoms with van der Waals surface area (Å²) in [5.41, 5.74) is 1.37. The van der Waals surface area contributed by atoms with E-state index in [0.717, 1.165) is 5.56 Å². The number of hydrogen-bond donors (Lipinski definition) is 1. The molecule has 1 amide bonds. The van der Waals surface area contributed by atoms with Crippen LogP contribution < -0.4 is 0 Å². The fraction of sp³-hybridized carbons (Fsp3) is 0.238. The first-order valence-corrected chi connectivity index (χ1v) is 8.87. The Bertz CT molecular complexity index is 857. The predicted octanol–water partition coefficient (Wildman–Crippen LogP) is 4.42. The maximum atomic E-state index is 12.7. The Labute approximate surface area is 157 Å². The molecule has 4 nitrogen and oxygen atoms in total. The molecule has 1 unspecified atom stereocenters. The minimum Gasteiger partial charge on any atom is -0.507 e. The van der Waals surface area contributed by atoms with Crippen molar-refractivity contribution in [1.29, 1.82) is 0 Å². The maximum Gasteiger partial charge on any atom is 0.295 e. The van der Waals surface area contributed by atoms with Crippen LogP contribution in [0.5, 0.6) is 0 Å². The molecule has 2 aromatic rings. The second-order valence-corrected chi connectivity index (χ2v) is 7.20. The van der Waals surface area contributed by atoms with Crippen molar-refractivity contribution in [2.75, 3.05) is 6.54 Å². The number of nitrogens with zero attached hydrogens (tertiary/aromatic N) is 1. The van der Waals surface area contributed by atoms with E-state index in [0.29, 0.717) is 17.1 Å². The lowest BCUT2D eigenvalue weighted by Crippen LogP contribution is -2.33. The van der Waals surface area contributed by atoms with Crippen LogP contribution in [0.3, 0.4) is 0 Å². The van der Waals surface area contributed by atoms with E-state index in [1.807, 2.05) is 44.2 Å². The van der Waals surface area contributed by atoms with Gasteiger partial charge in [-0.25, -0.2) is 0 Å². The summed E-state index contributed by atoms with van der Waals surface area (Å²) in [4.78, 5) is 26.9. The molecule has 0 saturated carbocycles. The van der Waals surface area contributed by atoms with Gasteiger partial charge < -0.3 is 10.0 Å².